The summed E-state index contributed by atoms with van der Waals surface area (Å²) in [5.41, 5.74) is 4.83. The zero-order chi connectivity index (χ0) is 31.5. The van der Waals surface area contributed by atoms with Crippen molar-refractivity contribution in [3.8, 4) is 22.5 Å². The Bertz CT molecular complexity index is 1870. The molecule has 45 heavy (non-hydrogen) atoms. The van der Waals surface area contributed by atoms with E-state index in [9.17, 15) is 23.5 Å². The highest BCUT2D eigenvalue weighted by molar-refractivity contribution is 5.80. The van der Waals surface area contributed by atoms with Crippen LogP contribution in [0.4, 0.5) is 8.78 Å². The van der Waals surface area contributed by atoms with E-state index >= 15 is 0 Å². The van der Waals surface area contributed by atoms with Crippen LogP contribution in [0.1, 0.15) is 61.9 Å². The van der Waals surface area contributed by atoms with Crippen molar-refractivity contribution in [3.63, 3.8) is 0 Å². The first kappa shape index (κ1) is 30.5. The third-order valence-corrected chi connectivity index (χ3v) is 8.38. The fourth-order valence-corrected chi connectivity index (χ4v) is 6.15. The van der Waals surface area contributed by atoms with Crippen LogP contribution in [0.15, 0.2) is 69.0 Å². The van der Waals surface area contributed by atoms with Gasteiger partial charge in [-0.2, -0.15) is 10.1 Å². The monoisotopic (exact) mass is 620 g/mol. The number of rotatable bonds is 11. The second-order valence-electron chi connectivity index (χ2n) is 11.4. The first-order chi connectivity index (χ1) is 21.8. The zero-order valence-corrected chi connectivity index (χ0v) is 24.7. The molecule has 0 radical (unpaired) electrons. The molecule has 0 aliphatic heterocycles. The van der Waals surface area contributed by atoms with Gasteiger partial charge in [0.15, 0.2) is 5.82 Å². The van der Waals surface area contributed by atoms with E-state index in [2.05, 4.69) is 27.1 Å². The Hall–Kier alpha value is -4.49. The molecule has 236 valence electrons. The summed E-state index contributed by atoms with van der Waals surface area (Å²) in [4.78, 5) is 32.8. The van der Waals surface area contributed by atoms with Crippen LogP contribution in [-0.4, -0.2) is 59.7 Å². The van der Waals surface area contributed by atoms with Gasteiger partial charge in [0, 0.05) is 23.6 Å². The van der Waals surface area contributed by atoms with Gasteiger partial charge in [0.05, 0.1) is 18.4 Å². The van der Waals surface area contributed by atoms with Crippen LogP contribution < -0.4 is 11.3 Å². The predicted octanol–water partition coefficient (Wildman–Crippen LogP) is 4.57. The van der Waals surface area contributed by atoms with Crippen LogP contribution in [0.2, 0.25) is 0 Å². The van der Waals surface area contributed by atoms with Crippen LogP contribution in [-0.2, 0) is 17.6 Å². The Morgan fingerprint density at radius 2 is 1.80 bits per heavy atom. The number of benzene rings is 2. The fraction of sp³-hybridized carbons (Fsp3) is 0.406. The number of hydrogen-bond acceptors (Lipinski definition) is 8. The minimum atomic E-state index is -2.85. The van der Waals surface area contributed by atoms with Crippen LogP contribution in [0.3, 0.4) is 0 Å². The molecule has 2 aromatic carbocycles. The van der Waals surface area contributed by atoms with Gasteiger partial charge in [-0.1, -0.05) is 67.0 Å². The normalized spacial score (nSPS) is 17.7. The fourth-order valence-electron chi connectivity index (χ4n) is 6.15. The molecule has 0 saturated heterocycles. The lowest BCUT2D eigenvalue weighted by molar-refractivity contribution is -0.0820. The number of aromatic nitrogens is 6. The Morgan fingerprint density at radius 3 is 2.47 bits per heavy atom. The summed E-state index contributed by atoms with van der Waals surface area (Å²) in [7, 11) is 0. The number of aliphatic hydroxyl groups excluding tert-OH is 1. The smallest absolute Gasteiger partial charge is 0.385 e. The third kappa shape index (κ3) is 6.36. The number of aromatic amines is 1. The van der Waals surface area contributed by atoms with Crippen molar-refractivity contribution in [1.29, 1.82) is 0 Å². The predicted molar refractivity (Wildman–Crippen MR) is 161 cm³/mol. The van der Waals surface area contributed by atoms with E-state index in [1.807, 2.05) is 48.5 Å². The van der Waals surface area contributed by atoms with Crippen LogP contribution >= 0.6 is 0 Å². The average molecular weight is 621 g/mol. The SMILES string of the molecule is CCCc1c(Cc2ccc(-c3ccccc3-c3noc(=O)[nH]3)cc2)c(=O)n(C2CCC(OCC(O)C(F)F)CC2)c2ncnn12. The number of fused-ring (bicyclic) bond motifs is 1. The standard InChI is InChI=1S/C32H34F2N6O5/c1-2-5-26-25(16-19-8-10-20(11-9-19)23-6-3-4-7-24(23)29-37-32(43)45-38-29)30(42)39(31-35-18-36-40(26)31)21-12-14-22(15-13-21)44-17-27(41)28(33)34/h3-4,6-11,18,21-22,27-28,41H,2,5,12-17H2,1H3,(H,37,38,43). The van der Waals surface area contributed by atoms with Crippen molar-refractivity contribution in [3.05, 3.63) is 92.6 Å². The quantitative estimate of drug-likeness (QED) is 0.219. The van der Waals surface area contributed by atoms with E-state index < -0.39 is 24.9 Å². The minimum absolute atomic E-state index is 0.110. The van der Waals surface area contributed by atoms with Gasteiger partial charge >= 0.3 is 5.76 Å². The molecule has 5 aromatic rings. The molecule has 0 amide bonds. The number of alkyl halides is 2. The minimum Gasteiger partial charge on any atom is -0.385 e. The maximum atomic E-state index is 14.2. The van der Waals surface area contributed by atoms with Crippen LogP contribution in [0.25, 0.3) is 28.3 Å². The number of nitrogens with one attached hydrogen (secondary N) is 1. The van der Waals surface area contributed by atoms with Crippen LogP contribution in [0.5, 0.6) is 0 Å². The van der Waals surface area contributed by atoms with Crippen molar-refractivity contribution >= 4 is 5.78 Å². The third-order valence-electron chi connectivity index (χ3n) is 8.38. The molecule has 3 heterocycles. The van der Waals surface area contributed by atoms with Crippen LogP contribution in [0, 0.1) is 0 Å². The molecule has 1 saturated carbocycles. The molecule has 0 bridgehead atoms. The first-order valence-electron chi connectivity index (χ1n) is 15.1. The maximum absolute atomic E-state index is 14.2. The molecule has 11 nitrogen and oxygen atoms in total. The maximum Gasteiger partial charge on any atom is 0.439 e. The molecular weight excluding hydrogens is 586 g/mol. The summed E-state index contributed by atoms with van der Waals surface area (Å²) >= 11 is 0. The summed E-state index contributed by atoms with van der Waals surface area (Å²) in [6.07, 6.45) is 0.774. The highest BCUT2D eigenvalue weighted by atomic mass is 19.3. The summed E-state index contributed by atoms with van der Waals surface area (Å²) in [5.74, 6) is 0.207. The Morgan fingerprint density at radius 1 is 1.07 bits per heavy atom. The van der Waals surface area contributed by atoms with Crippen molar-refractivity contribution < 1.29 is 23.1 Å². The van der Waals surface area contributed by atoms with E-state index in [0.717, 1.165) is 34.4 Å². The highest BCUT2D eigenvalue weighted by Crippen LogP contribution is 2.32. The molecule has 1 aliphatic carbocycles. The molecule has 3 aromatic heterocycles. The lowest BCUT2D eigenvalue weighted by Gasteiger charge is -2.31. The summed E-state index contributed by atoms with van der Waals surface area (Å²) in [6, 6.07) is 15.3. The molecule has 6 rings (SSSR count). The topological polar surface area (TPSA) is 141 Å². The lowest BCUT2D eigenvalue weighted by atomic mass is 9.92. The second-order valence-corrected chi connectivity index (χ2v) is 11.4. The van der Waals surface area contributed by atoms with Gasteiger partial charge < -0.3 is 9.84 Å². The molecule has 13 heteroatoms. The number of aliphatic hydroxyl groups is 1. The summed E-state index contributed by atoms with van der Waals surface area (Å²) in [5, 5.41) is 17.7. The molecular formula is C32H34F2N6O5. The largest absolute Gasteiger partial charge is 0.439 e. The highest BCUT2D eigenvalue weighted by Gasteiger charge is 2.29. The van der Waals surface area contributed by atoms with Gasteiger partial charge in [-0.25, -0.2) is 18.1 Å². The number of H-pyrrole nitrogens is 1. The second kappa shape index (κ2) is 13.2. The van der Waals surface area contributed by atoms with E-state index in [1.54, 1.807) is 9.08 Å². The van der Waals surface area contributed by atoms with Gasteiger partial charge in [-0.15, -0.1) is 0 Å². The molecule has 1 aliphatic rings. The number of nitrogens with zero attached hydrogens (tertiary/aromatic N) is 5. The van der Waals surface area contributed by atoms with E-state index in [1.165, 1.54) is 6.33 Å². The Balaban J connectivity index is 1.28. The Kier molecular flexibility index (Phi) is 8.99. The summed E-state index contributed by atoms with van der Waals surface area (Å²) in [6.45, 7) is 1.64. The average Bonchev–Trinajstić information content (AvgIpc) is 3.72. The number of hydrogen-bond donors (Lipinski definition) is 2. The van der Waals surface area contributed by atoms with Gasteiger partial charge in [0.1, 0.15) is 12.4 Å². The number of halogens is 2. The van der Waals surface area contributed by atoms with Crippen molar-refractivity contribution in [1.82, 2.24) is 29.3 Å². The van der Waals surface area contributed by atoms with E-state index in [4.69, 9.17) is 9.26 Å². The number of aryl methyl sites for hydroxylation is 1. The van der Waals surface area contributed by atoms with Crippen molar-refractivity contribution in [2.45, 2.75) is 76.5 Å². The van der Waals surface area contributed by atoms with Gasteiger partial charge in [-0.3, -0.25) is 18.9 Å². The molecule has 1 unspecified atom stereocenters. The Labute approximate surface area is 256 Å². The van der Waals surface area contributed by atoms with Crippen molar-refractivity contribution in [2.24, 2.45) is 0 Å². The molecule has 1 fully saturated rings. The molecule has 1 atom stereocenters. The zero-order valence-electron chi connectivity index (χ0n) is 24.7. The number of ether oxygens (including phenoxy) is 1. The summed E-state index contributed by atoms with van der Waals surface area (Å²) < 4.78 is 39.1. The van der Waals surface area contributed by atoms with Crippen molar-refractivity contribution in [2.75, 3.05) is 6.61 Å². The lowest BCUT2D eigenvalue weighted by Crippen LogP contribution is -2.36. The van der Waals surface area contributed by atoms with E-state index in [0.29, 0.717) is 55.7 Å². The van der Waals surface area contributed by atoms with Gasteiger partial charge in [-0.05, 0) is 48.8 Å². The van der Waals surface area contributed by atoms with Gasteiger partial charge in [0.2, 0.25) is 5.78 Å². The van der Waals surface area contributed by atoms with Gasteiger partial charge in [0.25, 0.3) is 12.0 Å². The molecule has 0 spiro atoms. The first-order valence-corrected chi connectivity index (χ1v) is 15.1. The molecule has 2 N–H and O–H groups in total. The van der Waals surface area contributed by atoms with E-state index in [-0.39, 0.29) is 17.7 Å².